The van der Waals surface area contributed by atoms with Gasteiger partial charge in [0.1, 0.15) is 0 Å². The highest BCUT2D eigenvalue weighted by molar-refractivity contribution is 9.10. The van der Waals surface area contributed by atoms with Crippen LogP contribution < -0.4 is 5.11 Å². The van der Waals surface area contributed by atoms with Crippen molar-refractivity contribution in [3.63, 3.8) is 0 Å². The van der Waals surface area contributed by atoms with Gasteiger partial charge in [-0.3, -0.25) is 4.79 Å². The van der Waals surface area contributed by atoms with E-state index in [1.165, 1.54) is 0 Å². The molecule has 2 fully saturated rings. The van der Waals surface area contributed by atoms with E-state index in [0.717, 1.165) is 0 Å². The van der Waals surface area contributed by atoms with Crippen molar-refractivity contribution < 1.29 is 14.7 Å². The minimum absolute atomic E-state index is 0.0166. The van der Waals surface area contributed by atoms with Gasteiger partial charge in [-0.2, -0.15) is 0 Å². The molecule has 0 aromatic rings. The summed E-state index contributed by atoms with van der Waals surface area (Å²) < 4.78 is 0. The minimum atomic E-state index is -1.09. The molecule has 2 aliphatic rings. The second-order valence-corrected chi connectivity index (χ2v) is 6.36. The van der Waals surface area contributed by atoms with E-state index in [-0.39, 0.29) is 5.78 Å². The predicted octanol–water partition coefficient (Wildman–Crippen LogP) is 0.895. The molecule has 3 unspecified atom stereocenters. The molecule has 0 spiro atoms. The topological polar surface area (TPSA) is 57.2 Å². The van der Waals surface area contributed by atoms with Crippen molar-refractivity contribution in [3.8, 4) is 0 Å². The van der Waals surface area contributed by atoms with Crippen molar-refractivity contribution in [1.29, 1.82) is 0 Å². The van der Waals surface area contributed by atoms with Crippen LogP contribution in [0.4, 0.5) is 0 Å². The number of fused-ring (bicyclic) bond motifs is 2. The maximum atomic E-state index is 12.1. The number of Topliss-reactive ketones (excluding diaryl/α,β-unsaturated/α-hetero) is 1. The van der Waals surface area contributed by atoms with Gasteiger partial charge in [0.2, 0.25) is 0 Å². The number of ketones is 1. The average Bonchev–Trinajstić information content (AvgIpc) is 2.39. The second kappa shape index (κ2) is 2.65. The third-order valence-corrected chi connectivity index (χ3v) is 6.28. The van der Waals surface area contributed by atoms with Crippen molar-refractivity contribution in [2.24, 2.45) is 16.2 Å². The second-order valence-electron chi connectivity index (χ2n) is 5.44. The molecule has 0 aliphatic heterocycles. The molecule has 0 amide bonds. The number of aliphatic carboxylic acids is 1. The summed E-state index contributed by atoms with van der Waals surface area (Å²) in [6.45, 7) is 5.62. The van der Waals surface area contributed by atoms with E-state index in [2.05, 4.69) is 15.9 Å². The number of carbonyl (C=O) groups excluding carboxylic acids is 2. The lowest BCUT2D eigenvalue weighted by atomic mass is 9.65. The van der Waals surface area contributed by atoms with Crippen LogP contribution in [0.2, 0.25) is 0 Å². The van der Waals surface area contributed by atoms with Gasteiger partial charge in [-0.1, -0.05) is 36.7 Å². The number of carboxylic acids is 1. The van der Waals surface area contributed by atoms with Gasteiger partial charge in [-0.05, 0) is 18.3 Å². The Hall–Kier alpha value is -0.380. The van der Waals surface area contributed by atoms with Crippen LogP contribution >= 0.6 is 15.9 Å². The third kappa shape index (κ3) is 0.846. The van der Waals surface area contributed by atoms with Gasteiger partial charge >= 0.3 is 0 Å². The van der Waals surface area contributed by atoms with Crippen LogP contribution in [-0.2, 0) is 9.59 Å². The summed E-state index contributed by atoms with van der Waals surface area (Å²) in [5.41, 5.74) is -2.09. The Bertz CT molecular complexity index is 363. The Morgan fingerprint density at radius 1 is 1.40 bits per heavy atom. The van der Waals surface area contributed by atoms with Gasteiger partial charge in [0.25, 0.3) is 0 Å². The van der Waals surface area contributed by atoms with E-state index in [1.807, 2.05) is 20.8 Å². The fourth-order valence-corrected chi connectivity index (χ4v) is 4.90. The first kappa shape index (κ1) is 11.1. The summed E-state index contributed by atoms with van der Waals surface area (Å²) in [6.07, 6.45) is 1.18. The summed E-state index contributed by atoms with van der Waals surface area (Å²) >= 11 is 3.26. The molecule has 15 heavy (non-hydrogen) atoms. The number of carbonyl (C=O) groups is 2. The quantitative estimate of drug-likeness (QED) is 0.667. The van der Waals surface area contributed by atoms with Crippen molar-refractivity contribution in [1.82, 2.24) is 0 Å². The van der Waals surface area contributed by atoms with Crippen LogP contribution in [0.15, 0.2) is 0 Å². The normalized spacial score (nSPS) is 47.2. The Morgan fingerprint density at radius 2 is 1.93 bits per heavy atom. The number of hydrogen-bond acceptors (Lipinski definition) is 3. The van der Waals surface area contributed by atoms with Crippen molar-refractivity contribution >= 4 is 27.7 Å². The van der Waals surface area contributed by atoms with Crippen LogP contribution in [0.5, 0.6) is 0 Å². The first-order valence-electron chi connectivity index (χ1n) is 5.12. The standard InChI is InChI=1S/C11H15BrO3/c1-9(2)10(3)4-5-11(9,8(14)15)6(12)7(10)13/h6H,4-5H2,1-3H3,(H,14,15)/p-1. The lowest BCUT2D eigenvalue weighted by Gasteiger charge is -2.41. The monoisotopic (exact) mass is 273 g/mol. The molecule has 0 aromatic heterocycles. The van der Waals surface area contributed by atoms with E-state index in [4.69, 9.17) is 0 Å². The largest absolute Gasteiger partial charge is 0.549 e. The predicted molar refractivity (Wildman–Crippen MR) is 56.3 cm³/mol. The van der Waals surface area contributed by atoms with E-state index in [9.17, 15) is 14.7 Å². The molecule has 84 valence electrons. The molecular formula is C11H14BrO3-. The highest BCUT2D eigenvalue weighted by Gasteiger charge is 2.74. The smallest absolute Gasteiger partial charge is 0.153 e. The van der Waals surface area contributed by atoms with Crippen molar-refractivity contribution in [2.75, 3.05) is 0 Å². The highest BCUT2D eigenvalue weighted by atomic mass is 79.9. The highest BCUT2D eigenvalue weighted by Crippen LogP contribution is 2.71. The van der Waals surface area contributed by atoms with Crippen LogP contribution in [0, 0.1) is 16.2 Å². The van der Waals surface area contributed by atoms with Crippen LogP contribution in [-0.4, -0.2) is 16.6 Å². The van der Waals surface area contributed by atoms with Gasteiger partial charge in [0, 0.05) is 16.8 Å². The lowest BCUT2D eigenvalue weighted by Crippen LogP contribution is -2.52. The fourth-order valence-electron chi connectivity index (χ4n) is 3.40. The Morgan fingerprint density at radius 3 is 2.20 bits per heavy atom. The van der Waals surface area contributed by atoms with Crippen LogP contribution in [0.25, 0.3) is 0 Å². The lowest BCUT2D eigenvalue weighted by molar-refractivity contribution is -0.322. The number of carboxylic acid groups (broad SMARTS) is 1. The van der Waals surface area contributed by atoms with Crippen LogP contribution in [0.3, 0.4) is 0 Å². The zero-order valence-corrected chi connectivity index (χ0v) is 10.7. The van der Waals surface area contributed by atoms with Gasteiger partial charge < -0.3 is 9.90 Å². The van der Waals surface area contributed by atoms with E-state index in [0.29, 0.717) is 12.8 Å². The van der Waals surface area contributed by atoms with Crippen molar-refractivity contribution in [2.45, 2.75) is 38.4 Å². The van der Waals surface area contributed by atoms with E-state index < -0.39 is 27.0 Å². The molecule has 0 heterocycles. The maximum absolute atomic E-state index is 12.1. The molecule has 3 atom stereocenters. The molecule has 0 N–H and O–H groups in total. The average molecular weight is 274 g/mol. The molecule has 2 saturated carbocycles. The summed E-state index contributed by atoms with van der Waals surface area (Å²) in [5, 5.41) is 11.4. The summed E-state index contributed by atoms with van der Waals surface area (Å²) in [4.78, 5) is 22.9. The SMILES string of the molecule is CC12CCC(C(=O)[O-])(C(Br)C1=O)C2(C)C. The maximum Gasteiger partial charge on any atom is 0.153 e. The van der Waals surface area contributed by atoms with E-state index >= 15 is 0 Å². The molecular weight excluding hydrogens is 260 g/mol. The molecule has 2 rings (SSSR count). The Kier molecular flexibility index (Phi) is 1.96. The third-order valence-electron chi connectivity index (χ3n) is 5.08. The first-order valence-corrected chi connectivity index (χ1v) is 6.03. The Labute approximate surface area is 97.4 Å². The van der Waals surface area contributed by atoms with Gasteiger partial charge in [0.15, 0.2) is 5.78 Å². The Balaban J connectivity index is 2.68. The van der Waals surface area contributed by atoms with Gasteiger partial charge in [-0.15, -0.1) is 0 Å². The summed E-state index contributed by atoms with van der Waals surface area (Å²) in [6, 6.07) is 0. The molecule has 3 nitrogen and oxygen atoms in total. The summed E-state index contributed by atoms with van der Waals surface area (Å²) in [7, 11) is 0. The molecule has 0 aromatic carbocycles. The number of halogens is 1. The minimum Gasteiger partial charge on any atom is -0.549 e. The van der Waals surface area contributed by atoms with E-state index in [1.54, 1.807) is 0 Å². The zero-order valence-electron chi connectivity index (χ0n) is 9.09. The van der Waals surface area contributed by atoms with Crippen LogP contribution in [0.1, 0.15) is 33.6 Å². The van der Waals surface area contributed by atoms with Crippen molar-refractivity contribution in [3.05, 3.63) is 0 Å². The molecule has 0 radical (unpaired) electrons. The summed E-state index contributed by atoms with van der Waals surface area (Å²) in [5.74, 6) is -1.08. The molecule has 4 heteroatoms. The number of rotatable bonds is 1. The number of hydrogen-bond donors (Lipinski definition) is 0. The zero-order chi connectivity index (χ0) is 11.6. The molecule has 0 saturated heterocycles. The fraction of sp³-hybridized carbons (Fsp3) is 0.818. The van der Waals surface area contributed by atoms with Gasteiger partial charge in [0.05, 0.1) is 4.83 Å². The van der Waals surface area contributed by atoms with Gasteiger partial charge in [-0.25, -0.2) is 0 Å². The first-order chi connectivity index (χ1) is 6.72. The molecule has 2 aliphatic carbocycles. The number of alkyl halides is 1. The molecule has 2 bridgehead atoms.